The Hall–Kier alpha value is -0.910. The zero-order valence-corrected chi connectivity index (χ0v) is 11.8. The Balaban J connectivity index is 2.23. The molecule has 0 saturated heterocycles. The Bertz CT molecular complexity index is 514. The minimum Gasteiger partial charge on any atom is -0.325 e. The lowest BCUT2D eigenvalue weighted by molar-refractivity contribution is 0.854. The maximum atomic E-state index is 5.60. The standard InChI is InChI=1S/C12H12BrN3S/c1-8-6-10(7-14)16-12(15-8)17-11-4-2-9(13)3-5-11/h2-6H,7,14H2,1H3. The molecule has 0 radical (unpaired) electrons. The van der Waals surface area contributed by atoms with E-state index in [0.29, 0.717) is 6.54 Å². The monoisotopic (exact) mass is 309 g/mol. The summed E-state index contributed by atoms with van der Waals surface area (Å²) in [7, 11) is 0. The number of aryl methyl sites for hydroxylation is 1. The van der Waals surface area contributed by atoms with Gasteiger partial charge in [0.15, 0.2) is 5.16 Å². The van der Waals surface area contributed by atoms with Crippen molar-refractivity contribution in [2.24, 2.45) is 5.73 Å². The van der Waals surface area contributed by atoms with Crippen molar-refractivity contribution in [3.05, 3.63) is 46.2 Å². The second-order valence-corrected chi connectivity index (χ2v) is 5.50. The summed E-state index contributed by atoms with van der Waals surface area (Å²) in [5.41, 5.74) is 7.41. The molecule has 3 nitrogen and oxygen atoms in total. The summed E-state index contributed by atoms with van der Waals surface area (Å²) in [5, 5.41) is 0.743. The van der Waals surface area contributed by atoms with Crippen LogP contribution in [-0.4, -0.2) is 9.97 Å². The summed E-state index contributed by atoms with van der Waals surface area (Å²) in [5.74, 6) is 0. The molecule has 2 N–H and O–H groups in total. The number of halogens is 1. The van der Waals surface area contributed by atoms with E-state index in [1.54, 1.807) is 11.8 Å². The SMILES string of the molecule is Cc1cc(CN)nc(Sc2ccc(Br)cc2)n1. The first-order valence-electron chi connectivity index (χ1n) is 5.15. The Morgan fingerprint density at radius 1 is 1.24 bits per heavy atom. The molecule has 0 aliphatic heterocycles. The van der Waals surface area contributed by atoms with E-state index in [1.807, 2.05) is 37.3 Å². The minimum atomic E-state index is 0.442. The molecule has 5 heteroatoms. The van der Waals surface area contributed by atoms with E-state index in [1.165, 1.54) is 0 Å². The lowest BCUT2D eigenvalue weighted by atomic mass is 10.3. The van der Waals surface area contributed by atoms with Crippen LogP contribution in [0.5, 0.6) is 0 Å². The maximum Gasteiger partial charge on any atom is 0.192 e. The van der Waals surface area contributed by atoms with E-state index in [9.17, 15) is 0 Å². The highest BCUT2D eigenvalue weighted by Crippen LogP contribution is 2.26. The van der Waals surface area contributed by atoms with Crippen LogP contribution in [0.15, 0.2) is 44.9 Å². The molecule has 2 aromatic rings. The first kappa shape index (κ1) is 12.5. The van der Waals surface area contributed by atoms with E-state index in [4.69, 9.17) is 5.73 Å². The zero-order chi connectivity index (χ0) is 12.3. The van der Waals surface area contributed by atoms with Gasteiger partial charge in [0.2, 0.25) is 0 Å². The number of hydrogen-bond donors (Lipinski definition) is 1. The van der Waals surface area contributed by atoms with Crippen molar-refractivity contribution >= 4 is 27.7 Å². The van der Waals surface area contributed by atoms with E-state index in [-0.39, 0.29) is 0 Å². The molecule has 0 aliphatic carbocycles. The van der Waals surface area contributed by atoms with Crippen LogP contribution in [0, 0.1) is 6.92 Å². The molecule has 1 aromatic carbocycles. The van der Waals surface area contributed by atoms with Gasteiger partial charge in [-0.3, -0.25) is 0 Å². The largest absolute Gasteiger partial charge is 0.325 e. The fourth-order valence-corrected chi connectivity index (χ4v) is 2.46. The second-order valence-electron chi connectivity index (χ2n) is 3.54. The molecule has 88 valence electrons. The molecule has 0 aliphatic rings. The normalized spacial score (nSPS) is 10.5. The van der Waals surface area contributed by atoms with Crippen molar-refractivity contribution in [1.82, 2.24) is 9.97 Å². The van der Waals surface area contributed by atoms with Crippen molar-refractivity contribution in [2.75, 3.05) is 0 Å². The highest BCUT2D eigenvalue weighted by atomic mass is 79.9. The molecule has 0 fully saturated rings. The lowest BCUT2D eigenvalue weighted by Gasteiger charge is -2.04. The van der Waals surface area contributed by atoms with Gasteiger partial charge in [-0.05, 0) is 49.0 Å². The third-order valence-corrected chi connectivity index (χ3v) is 3.52. The molecule has 1 aromatic heterocycles. The molecule has 2 rings (SSSR count). The third kappa shape index (κ3) is 3.52. The molecular weight excluding hydrogens is 298 g/mol. The zero-order valence-electron chi connectivity index (χ0n) is 9.35. The fourth-order valence-electron chi connectivity index (χ4n) is 1.36. The molecule has 0 saturated carbocycles. The van der Waals surface area contributed by atoms with Gasteiger partial charge in [0.1, 0.15) is 0 Å². The van der Waals surface area contributed by atoms with E-state index < -0.39 is 0 Å². The van der Waals surface area contributed by atoms with Crippen LogP contribution < -0.4 is 5.73 Å². The van der Waals surface area contributed by atoms with Crippen molar-refractivity contribution in [1.29, 1.82) is 0 Å². The van der Waals surface area contributed by atoms with Crippen LogP contribution in [0.3, 0.4) is 0 Å². The topological polar surface area (TPSA) is 51.8 Å². The number of rotatable bonds is 3. The van der Waals surface area contributed by atoms with Crippen molar-refractivity contribution in [2.45, 2.75) is 23.5 Å². The first-order valence-corrected chi connectivity index (χ1v) is 6.76. The maximum absolute atomic E-state index is 5.60. The van der Waals surface area contributed by atoms with Gasteiger partial charge in [0, 0.05) is 21.6 Å². The highest BCUT2D eigenvalue weighted by Gasteiger charge is 2.03. The van der Waals surface area contributed by atoms with Gasteiger partial charge in [-0.15, -0.1) is 0 Å². The van der Waals surface area contributed by atoms with Gasteiger partial charge in [-0.2, -0.15) is 0 Å². The Morgan fingerprint density at radius 3 is 2.59 bits per heavy atom. The van der Waals surface area contributed by atoms with Gasteiger partial charge in [0.25, 0.3) is 0 Å². The fraction of sp³-hybridized carbons (Fsp3) is 0.167. The van der Waals surface area contributed by atoms with E-state index in [2.05, 4.69) is 25.9 Å². The lowest BCUT2D eigenvalue weighted by Crippen LogP contribution is -2.02. The molecular formula is C12H12BrN3S. The van der Waals surface area contributed by atoms with Gasteiger partial charge >= 0.3 is 0 Å². The van der Waals surface area contributed by atoms with Crippen LogP contribution in [-0.2, 0) is 6.54 Å². The summed E-state index contributed by atoms with van der Waals surface area (Å²) in [6.45, 7) is 2.39. The van der Waals surface area contributed by atoms with Crippen LogP contribution in [0.4, 0.5) is 0 Å². The summed E-state index contributed by atoms with van der Waals surface area (Å²) < 4.78 is 1.06. The van der Waals surface area contributed by atoms with Crippen molar-refractivity contribution in [3.63, 3.8) is 0 Å². The molecule has 0 atom stereocenters. The van der Waals surface area contributed by atoms with Crippen molar-refractivity contribution < 1.29 is 0 Å². The third-order valence-electron chi connectivity index (χ3n) is 2.12. The number of aromatic nitrogens is 2. The number of hydrogen-bond acceptors (Lipinski definition) is 4. The summed E-state index contributed by atoms with van der Waals surface area (Å²) in [6.07, 6.45) is 0. The Kier molecular flexibility index (Phi) is 4.15. The molecule has 0 unspecified atom stereocenters. The number of benzene rings is 1. The van der Waals surface area contributed by atoms with Gasteiger partial charge in [0.05, 0.1) is 5.69 Å². The van der Waals surface area contributed by atoms with Gasteiger partial charge in [-0.25, -0.2) is 9.97 Å². The molecule has 0 spiro atoms. The Labute approximate surface area is 113 Å². The van der Waals surface area contributed by atoms with Crippen LogP contribution in [0.1, 0.15) is 11.4 Å². The number of nitrogens with two attached hydrogens (primary N) is 1. The predicted molar refractivity (Wildman–Crippen MR) is 72.9 cm³/mol. The second kappa shape index (κ2) is 5.62. The van der Waals surface area contributed by atoms with Gasteiger partial charge < -0.3 is 5.73 Å². The smallest absolute Gasteiger partial charge is 0.192 e. The number of nitrogens with zero attached hydrogens (tertiary/aromatic N) is 2. The van der Waals surface area contributed by atoms with Crippen LogP contribution in [0.25, 0.3) is 0 Å². The van der Waals surface area contributed by atoms with E-state index >= 15 is 0 Å². The summed E-state index contributed by atoms with van der Waals surface area (Å²) in [4.78, 5) is 9.88. The molecule has 0 amide bonds. The minimum absolute atomic E-state index is 0.442. The molecule has 1 heterocycles. The van der Waals surface area contributed by atoms with Crippen LogP contribution >= 0.6 is 27.7 Å². The average molecular weight is 310 g/mol. The average Bonchev–Trinajstić information content (AvgIpc) is 2.31. The summed E-state index contributed by atoms with van der Waals surface area (Å²) in [6, 6.07) is 9.97. The van der Waals surface area contributed by atoms with Gasteiger partial charge in [-0.1, -0.05) is 15.9 Å². The van der Waals surface area contributed by atoms with Crippen molar-refractivity contribution in [3.8, 4) is 0 Å². The Morgan fingerprint density at radius 2 is 1.94 bits per heavy atom. The molecule has 0 bridgehead atoms. The highest BCUT2D eigenvalue weighted by molar-refractivity contribution is 9.10. The molecule has 17 heavy (non-hydrogen) atoms. The first-order chi connectivity index (χ1) is 8.17. The predicted octanol–water partition coefficient (Wildman–Crippen LogP) is 3.16. The summed E-state index contributed by atoms with van der Waals surface area (Å²) >= 11 is 4.95. The quantitative estimate of drug-likeness (QED) is 0.885. The van der Waals surface area contributed by atoms with E-state index in [0.717, 1.165) is 25.9 Å². The van der Waals surface area contributed by atoms with Crippen LogP contribution in [0.2, 0.25) is 0 Å².